The normalized spacial score (nSPS) is 12.2. The van der Waals surface area contributed by atoms with E-state index in [0.29, 0.717) is 12.3 Å². The van der Waals surface area contributed by atoms with E-state index in [1.54, 1.807) is 29.2 Å². The first-order valence-electron chi connectivity index (χ1n) is 6.92. The van der Waals surface area contributed by atoms with Gasteiger partial charge in [0.1, 0.15) is 11.6 Å². The second-order valence-electron chi connectivity index (χ2n) is 4.79. The molecule has 0 saturated heterocycles. The van der Waals surface area contributed by atoms with Gasteiger partial charge in [-0.25, -0.2) is 4.39 Å². The number of nitrogens with zero attached hydrogens (tertiary/aromatic N) is 1. The molecule has 5 heteroatoms. The molecule has 1 amide bonds. The summed E-state index contributed by atoms with van der Waals surface area (Å²) in [6, 6.07) is 9.31. The maximum Gasteiger partial charge on any atom is 0.290 e. The number of furan rings is 1. The zero-order valence-corrected chi connectivity index (χ0v) is 12.2. The van der Waals surface area contributed by atoms with Gasteiger partial charge < -0.3 is 15.1 Å². The van der Waals surface area contributed by atoms with Crippen molar-refractivity contribution >= 4 is 5.91 Å². The molecule has 1 unspecified atom stereocenters. The lowest BCUT2D eigenvalue weighted by atomic mass is 10.1. The van der Waals surface area contributed by atoms with E-state index < -0.39 is 0 Å². The Bertz CT molecular complexity index is 607. The van der Waals surface area contributed by atoms with Crippen LogP contribution in [-0.2, 0) is 6.54 Å². The van der Waals surface area contributed by atoms with E-state index in [2.05, 4.69) is 0 Å². The van der Waals surface area contributed by atoms with Crippen molar-refractivity contribution in [2.75, 3.05) is 6.54 Å². The molecule has 0 fully saturated rings. The van der Waals surface area contributed by atoms with Crippen LogP contribution in [0.5, 0.6) is 0 Å². The molecular weight excluding hydrogens is 271 g/mol. The lowest BCUT2D eigenvalue weighted by molar-refractivity contribution is 0.0667. The number of hydrogen-bond acceptors (Lipinski definition) is 3. The van der Waals surface area contributed by atoms with Gasteiger partial charge in [-0.15, -0.1) is 0 Å². The standard InChI is InChI=1S/C16H19FN2O2/c1-3-19(11(2)12-4-6-13(17)7-5-12)16(20)15-9-8-14(10-18)21-15/h4-9,11H,3,10,18H2,1-2H3. The van der Waals surface area contributed by atoms with Gasteiger partial charge in [0.25, 0.3) is 5.91 Å². The van der Waals surface area contributed by atoms with Crippen molar-refractivity contribution < 1.29 is 13.6 Å². The quantitative estimate of drug-likeness (QED) is 0.920. The number of halogens is 1. The summed E-state index contributed by atoms with van der Waals surface area (Å²) in [6.07, 6.45) is 0. The molecule has 21 heavy (non-hydrogen) atoms. The van der Waals surface area contributed by atoms with E-state index in [-0.39, 0.29) is 30.1 Å². The Balaban J connectivity index is 2.21. The van der Waals surface area contributed by atoms with Gasteiger partial charge in [0.2, 0.25) is 0 Å². The van der Waals surface area contributed by atoms with Crippen LogP contribution < -0.4 is 5.73 Å². The van der Waals surface area contributed by atoms with Crippen LogP contribution in [0.25, 0.3) is 0 Å². The largest absolute Gasteiger partial charge is 0.455 e. The predicted octanol–water partition coefficient (Wildman–Crippen LogP) is 3.10. The van der Waals surface area contributed by atoms with Crippen LogP contribution in [-0.4, -0.2) is 17.4 Å². The van der Waals surface area contributed by atoms with Gasteiger partial charge >= 0.3 is 0 Å². The fraction of sp³-hybridized carbons (Fsp3) is 0.312. The molecule has 2 aromatic rings. The first-order valence-corrected chi connectivity index (χ1v) is 6.92. The summed E-state index contributed by atoms with van der Waals surface area (Å²) in [5, 5.41) is 0. The van der Waals surface area contributed by atoms with E-state index in [1.165, 1.54) is 12.1 Å². The van der Waals surface area contributed by atoms with Gasteiger partial charge in [0, 0.05) is 6.54 Å². The van der Waals surface area contributed by atoms with Gasteiger partial charge in [-0.3, -0.25) is 4.79 Å². The molecule has 4 nitrogen and oxygen atoms in total. The van der Waals surface area contributed by atoms with Crippen molar-refractivity contribution in [3.05, 3.63) is 59.3 Å². The minimum atomic E-state index is -0.293. The number of hydrogen-bond donors (Lipinski definition) is 1. The average Bonchev–Trinajstić information content (AvgIpc) is 2.97. The van der Waals surface area contributed by atoms with Gasteiger partial charge in [0.05, 0.1) is 12.6 Å². The first-order chi connectivity index (χ1) is 10.1. The Hall–Kier alpha value is -2.14. The molecule has 2 N–H and O–H groups in total. The minimum absolute atomic E-state index is 0.172. The molecule has 0 aliphatic heterocycles. The Labute approximate surface area is 123 Å². The first kappa shape index (κ1) is 15.3. The number of amides is 1. The van der Waals surface area contributed by atoms with E-state index in [4.69, 9.17) is 10.2 Å². The molecule has 0 aliphatic rings. The van der Waals surface area contributed by atoms with E-state index in [1.807, 2.05) is 13.8 Å². The SMILES string of the molecule is CCN(C(=O)c1ccc(CN)o1)C(C)c1ccc(F)cc1. The topological polar surface area (TPSA) is 59.5 Å². The van der Waals surface area contributed by atoms with Gasteiger partial charge in [-0.05, 0) is 43.7 Å². The molecule has 1 heterocycles. The summed E-state index contributed by atoms with van der Waals surface area (Å²) in [6.45, 7) is 4.58. The Morgan fingerprint density at radius 3 is 2.48 bits per heavy atom. The third kappa shape index (κ3) is 3.31. The molecular formula is C16H19FN2O2. The highest BCUT2D eigenvalue weighted by Gasteiger charge is 2.23. The van der Waals surface area contributed by atoms with Crippen LogP contribution in [0.3, 0.4) is 0 Å². The molecule has 1 aromatic carbocycles. The summed E-state index contributed by atoms with van der Waals surface area (Å²) in [4.78, 5) is 14.2. The second kappa shape index (κ2) is 6.54. The zero-order chi connectivity index (χ0) is 15.4. The fourth-order valence-corrected chi connectivity index (χ4v) is 2.26. The number of benzene rings is 1. The Morgan fingerprint density at radius 1 is 1.29 bits per heavy atom. The number of carbonyl (C=O) groups excluding carboxylic acids is 1. The smallest absolute Gasteiger partial charge is 0.290 e. The number of carbonyl (C=O) groups is 1. The zero-order valence-electron chi connectivity index (χ0n) is 12.2. The highest BCUT2D eigenvalue weighted by atomic mass is 19.1. The molecule has 0 radical (unpaired) electrons. The summed E-state index contributed by atoms with van der Waals surface area (Å²) >= 11 is 0. The van der Waals surface area contributed by atoms with Crippen molar-refractivity contribution in [1.29, 1.82) is 0 Å². The van der Waals surface area contributed by atoms with Crippen LogP contribution in [0, 0.1) is 5.82 Å². The molecule has 1 aromatic heterocycles. The molecule has 0 spiro atoms. The second-order valence-corrected chi connectivity index (χ2v) is 4.79. The summed E-state index contributed by atoms with van der Waals surface area (Å²) in [5.41, 5.74) is 6.36. The molecule has 112 valence electrons. The maximum atomic E-state index is 13.0. The van der Waals surface area contributed by atoms with Gasteiger partial charge in [0.15, 0.2) is 5.76 Å². The van der Waals surface area contributed by atoms with Crippen molar-refractivity contribution in [3.63, 3.8) is 0 Å². The monoisotopic (exact) mass is 290 g/mol. The molecule has 0 bridgehead atoms. The van der Waals surface area contributed by atoms with Crippen molar-refractivity contribution in [2.45, 2.75) is 26.4 Å². The highest BCUT2D eigenvalue weighted by molar-refractivity contribution is 5.91. The third-order valence-electron chi connectivity index (χ3n) is 3.50. The molecule has 2 rings (SSSR count). The summed E-state index contributed by atoms with van der Waals surface area (Å²) in [7, 11) is 0. The van der Waals surface area contributed by atoms with E-state index >= 15 is 0 Å². The average molecular weight is 290 g/mol. The van der Waals surface area contributed by atoms with Crippen LogP contribution in [0.15, 0.2) is 40.8 Å². The van der Waals surface area contributed by atoms with Crippen LogP contribution in [0.1, 0.15) is 41.8 Å². The van der Waals surface area contributed by atoms with Crippen LogP contribution >= 0.6 is 0 Å². The molecule has 1 atom stereocenters. The van der Waals surface area contributed by atoms with E-state index in [0.717, 1.165) is 5.56 Å². The van der Waals surface area contributed by atoms with Gasteiger partial charge in [-0.2, -0.15) is 0 Å². The van der Waals surface area contributed by atoms with Crippen molar-refractivity contribution in [2.24, 2.45) is 5.73 Å². The lowest BCUT2D eigenvalue weighted by Gasteiger charge is -2.27. The minimum Gasteiger partial charge on any atom is -0.455 e. The summed E-state index contributed by atoms with van der Waals surface area (Å²) < 4.78 is 18.4. The van der Waals surface area contributed by atoms with Crippen LogP contribution in [0.4, 0.5) is 4.39 Å². The highest BCUT2D eigenvalue weighted by Crippen LogP contribution is 2.23. The number of nitrogens with two attached hydrogens (primary N) is 1. The van der Waals surface area contributed by atoms with Crippen LogP contribution in [0.2, 0.25) is 0 Å². The third-order valence-corrected chi connectivity index (χ3v) is 3.50. The molecule has 0 aliphatic carbocycles. The molecule has 0 saturated carbocycles. The van der Waals surface area contributed by atoms with Gasteiger partial charge in [-0.1, -0.05) is 12.1 Å². The Morgan fingerprint density at radius 2 is 1.95 bits per heavy atom. The predicted molar refractivity (Wildman–Crippen MR) is 78.1 cm³/mol. The summed E-state index contributed by atoms with van der Waals surface area (Å²) in [5.74, 6) is 0.350. The lowest BCUT2D eigenvalue weighted by Crippen LogP contribution is -2.33. The Kier molecular flexibility index (Phi) is 4.75. The van der Waals surface area contributed by atoms with Crippen molar-refractivity contribution in [3.8, 4) is 0 Å². The number of rotatable bonds is 5. The maximum absolute atomic E-state index is 13.0. The van der Waals surface area contributed by atoms with E-state index in [9.17, 15) is 9.18 Å². The van der Waals surface area contributed by atoms with Crippen molar-refractivity contribution in [1.82, 2.24) is 4.90 Å². The fourth-order valence-electron chi connectivity index (χ4n) is 2.26.